The topological polar surface area (TPSA) is 35.2 Å². The highest BCUT2D eigenvalue weighted by molar-refractivity contribution is 5.35. The Bertz CT molecular complexity index is 259. The average molecular weight is 149 g/mol. The van der Waals surface area contributed by atoms with Crippen molar-refractivity contribution in [3.63, 3.8) is 0 Å². The van der Waals surface area contributed by atoms with Crippen molar-refractivity contribution in [3.8, 4) is 5.75 Å². The molecule has 1 aromatic carbocycles. The lowest BCUT2D eigenvalue weighted by Crippen LogP contribution is -2.33. The van der Waals surface area contributed by atoms with Gasteiger partial charge in [-0.1, -0.05) is 18.2 Å². The first kappa shape index (κ1) is 6.68. The molecule has 0 spiro atoms. The molecule has 1 aliphatic rings. The number of hydrogen-bond donors (Lipinski definition) is 1. The van der Waals surface area contributed by atoms with Crippen molar-refractivity contribution in [1.82, 2.24) is 0 Å². The van der Waals surface area contributed by atoms with E-state index in [1.54, 1.807) is 0 Å². The Balaban J connectivity index is 2.34. The van der Waals surface area contributed by atoms with E-state index in [9.17, 15) is 0 Å². The Morgan fingerprint density at radius 2 is 2.18 bits per heavy atom. The lowest BCUT2D eigenvalue weighted by atomic mass is 10.0. The van der Waals surface area contributed by atoms with Crippen LogP contribution < -0.4 is 10.5 Å². The van der Waals surface area contributed by atoms with Gasteiger partial charge in [0.05, 0.1) is 0 Å². The van der Waals surface area contributed by atoms with Gasteiger partial charge in [0.25, 0.3) is 0 Å². The molecule has 0 aromatic heterocycles. The molecule has 2 nitrogen and oxygen atoms in total. The van der Waals surface area contributed by atoms with E-state index >= 15 is 0 Å². The number of fused-ring (bicyclic) bond motifs is 1. The third-order valence-corrected chi connectivity index (χ3v) is 1.91. The smallest absolute Gasteiger partial charge is 0.122 e. The summed E-state index contributed by atoms with van der Waals surface area (Å²) in [5.74, 6) is 0.995. The maximum Gasteiger partial charge on any atom is 0.122 e. The summed E-state index contributed by atoms with van der Waals surface area (Å²) in [6.07, 6.45) is 0.941. The SMILES string of the molecule is N[C@H]1COc2ccccc2C1. The van der Waals surface area contributed by atoms with E-state index in [0.29, 0.717) is 6.61 Å². The monoisotopic (exact) mass is 149 g/mol. The molecule has 0 aliphatic carbocycles. The molecule has 1 aromatic rings. The minimum absolute atomic E-state index is 0.171. The van der Waals surface area contributed by atoms with Crippen LogP contribution in [0.5, 0.6) is 5.75 Å². The maximum atomic E-state index is 5.72. The molecule has 58 valence electrons. The molecule has 1 atom stereocenters. The van der Waals surface area contributed by atoms with Gasteiger partial charge < -0.3 is 10.5 Å². The number of nitrogens with two attached hydrogens (primary N) is 1. The standard InChI is InChI=1S/C9H11NO/c10-8-5-7-3-1-2-4-9(7)11-6-8/h1-4,8H,5-6,10H2/t8-/m1/s1. The molecule has 1 heterocycles. The van der Waals surface area contributed by atoms with Crippen LogP contribution in [0, 0.1) is 0 Å². The van der Waals surface area contributed by atoms with Crippen LogP contribution in [-0.2, 0) is 6.42 Å². The summed E-state index contributed by atoms with van der Waals surface area (Å²) in [4.78, 5) is 0. The van der Waals surface area contributed by atoms with Crippen molar-refractivity contribution in [2.24, 2.45) is 5.73 Å². The van der Waals surface area contributed by atoms with E-state index in [1.165, 1.54) is 5.56 Å². The Hall–Kier alpha value is -1.02. The van der Waals surface area contributed by atoms with E-state index < -0.39 is 0 Å². The van der Waals surface area contributed by atoms with Gasteiger partial charge in [-0.3, -0.25) is 0 Å². The molecule has 2 N–H and O–H groups in total. The summed E-state index contributed by atoms with van der Waals surface area (Å²) in [5, 5.41) is 0. The molecule has 11 heavy (non-hydrogen) atoms. The maximum absolute atomic E-state index is 5.72. The number of rotatable bonds is 0. The van der Waals surface area contributed by atoms with Crippen LogP contribution >= 0.6 is 0 Å². The Labute approximate surface area is 66.0 Å². The lowest BCUT2D eigenvalue weighted by molar-refractivity contribution is 0.263. The highest BCUT2D eigenvalue weighted by atomic mass is 16.5. The van der Waals surface area contributed by atoms with Crippen molar-refractivity contribution in [2.75, 3.05) is 6.61 Å². The Morgan fingerprint density at radius 3 is 3.09 bits per heavy atom. The molecule has 0 radical (unpaired) electrons. The van der Waals surface area contributed by atoms with Gasteiger partial charge in [-0.2, -0.15) is 0 Å². The van der Waals surface area contributed by atoms with E-state index in [2.05, 4.69) is 6.07 Å². The fourth-order valence-electron chi connectivity index (χ4n) is 1.35. The predicted octanol–water partition coefficient (Wildman–Crippen LogP) is 0.949. The van der Waals surface area contributed by atoms with E-state index in [-0.39, 0.29) is 6.04 Å². The number of para-hydroxylation sites is 1. The van der Waals surface area contributed by atoms with Crippen molar-refractivity contribution < 1.29 is 4.74 Å². The zero-order valence-electron chi connectivity index (χ0n) is 6.29. The highest BCUT2D eigenvalue weighted by Gasteiger charge is 2.14. The van der Waals surface area contributed by atoms with Gasteiger partial charge in [-0.15, -0.1) is 0 Å². The van der Waals surface area contributed by atoms with E-state index in [4.69, 9.17) is 10.5 Å². The summed E-state index contributed by atoms with van der Waals surface area (Å²) in [6.45, 7) is 0.650. The Kier molecular flexibility index (Phi) is 1.55. The zero-order valence-corrected chi connectivity index (χ0v) is 6.29. The van der Waals surface area contributed by atoms with Gasteiger partial charge in [-0.25, -0.2) is 0 Å². The second kappa shape index (κ2) is 2.55. The van der Waals surface area contributed by atoms with Gasteiger partial charge in [0, 0.05) is 6.04 Å². The second-order valence-electron chi connectivity index (χ2n) is 2.88. The molecule has 0 bridgehead atoms. The van der Waals surface area contributed by atoms with Crippen molar-refractivity contribution in [2.45, 2.75) is 12.5 Å². The van der Waals surface area contributed by atoms with Gasteiger partial charge in [0.1, 0.15) is 12.4 Å². The Morgan fingerprint density at radius 1 is 1.36 bits per heavy atom. The normalized spacial score (nSPS) is 22.1. The predicted molar refractivity (Wildman–Crippen MR) is 43.6 cm³/mol. The molecule has 0 unspecified atom stereocenters. The van der Waals surface area contributed by atoms with Crippen LogP contribution in [0.3, 0.4) is 0 Å². The minimum Gasteiger partial charge on any atom is -0.492 e. The molecule has 0 saturated carbocycles. The van der Waals surface area contributed by atoms with E-state index in [1.807, 2.05) is 18.2 Å². The lowest BCUT2D eigenvalue weighted by Gasteiger charge is -2.21. The second-order valence-corrected chi connectivity index (χ2v) is 2.88. The highest BCUT2D eigenvalue weighted by Crippen LogP contribution is 2.22. The third kappa shape index (κ3) is 1.21. The van der Waals surface area contributed by atoms with Crippen LogP contribution in [0.15, 0.2) is 24.3 Å². The molecule has 2 heteroatoms. The van der Waals surface area contributed by atoms with Gasteiger partial charge in [0.2, 0.25) is 0 Å². The average Bonchev–Trinajstić information content (AvgIpc) is 2.04. The molecule has 0 amide bonds. The summed E-state index contributed by atoms with van der Waals surface area (Å²) < 4.78 is 5.41. The first-order chi connectivity index (χ1) is 5.36. The molecule has 2 rings (SSSR count). The van der Waals surface area contributed by atoms with E-state index in [0.717, 1.165) is 12.2 Å². The van der Waals surface area contributed by atoms with Crippen molar-refractivity contribution >= 4 is 0 Å². The largest absolute Gasteiger partial charge is 0.492 e. The molecule has 1 aliphatic heterocycles. The fraction of sp³-hybridized carbons (Fsp3) is 0.333. The van der Waals surface area contributed by atoms with Gasteiger partial charge >= 0.3 is 0 Å². The van der Waals surface area contributed by atoms with Crippen LogP contribution in [-0.4, -0.2) is 12.6 Å². The van der Waals surface area contributed by atoms with Crippen LogP contribution in [0.4, 0.5) is 0 Å². The van der Waals surface area contributed by atoms with Crippen LogP contribution in [0.25, 0.3) is 0 Å². The summed E-state index contributed by atoms with van der Waals surface area (Å²) in [6, 6.07) is 8.22. The van der Waals surface area contributed by atoms with Crippen molar-refractivity contribution in [3.05, 3.63) is 29.8 Å². The summed E-state index contributed by atoms with van der Waals surface area (Å²) in [7, 11) is 0. The number of benzene rings is 1. The first-order valence-electron chi connectivity index (χ1n) is 3.82. The fourth-order valence-corrected chi connectivity index (χ4v) is 1.35. The van der Waals surface area contributed by atoms with Gasteiger partial charge in [-0.05, 0) is 18.1 Å². The molecular formula is C9H11NO. The summed E-state index contributed by atoms with van der Waals surface area (Å²) >= 11 is 0. The van der Waals surface area contributed by atoms with Crippen LogP contribution in [0.1, 0.15) is 5.56 Å². The van der Waals surface area contributed by atoms with Crippen LogP contribution in [0.2, 0.25) is 0 Å². The molecular weight excluding hydrogens is 138 g/mol. The van der Waals surface area contributed by atoms with Gasteiger partial charge in [0.15, 0.2) is 0 Å². The number of hydrogen-bond acceptors (Lipinski definition) is 2. The quantitative estimate of drug-likeness (QED) is 0.596. The molecule has 0 saturated heterocycles. The molecule has 0 fully saturated rings. The third-order valence-electron chi connectivity index (χ3n) is 1.91. The minimum atomic E-state index is 0.171. The number of ether oxygens (including phenoxy) is 1. The zero-order chi connectivity index (χ0) is 7.68. The van der Waals surface area contributed by atoms with Crippen molar-refractivity contribution in [1.29, 1.82) is 0 Å². The summed E-state index contributed by atoms with van der Waals surface area (Å²) in [5.41, 5.74) is 6.95. The first-order valence-corrected chi connectivity index (χ1v) is 3.82.